The van der Waals surface area contributed by atoms with Gasteiger partial charge >= 0.3 is 6.36 Å². The van der Waals surface area contributed by atoms with Gasteiger partial charge in [0.1, 0.15) is 5.75 Å². The Morgan fingerprint density at radius 3 is 2.49 bits per heavy atom. The molecule has 0 unspecified atom stereocenters. The van der Waals surface area contributed by atoms with Gasteiger partial charge in [0.25, 0.3) is 0 Å². The second-order valence-electron chi connectivity index (χ2n) is 8.63. The maximum Gasteiger partial charge on any atom is 0.573 e. The van der Waals surface area contributed by atoms with Crippen molar-refractivity contribution in [2.45, 2.75) is 39.0 Å². The van der Waals surface area contributed by atoms with Crippen LogP contribution in [0.2, 0.25) is 0 Å². The number of benzene rings is 3. The summed E-state index contributed by atoms with van der Waals surface area (Å²) < 4.78 is 41.3. The molecule has 0 aliphatic heterocycles. The van der Waals surface area contributed by atoms with Crippen LogP contribution in [0.5, 0.6) is 11.5 Å². The van der Waals surface area contributed by atoms with E-state index in [-0.39, 0.29) is 8.60 Å². The number of hydrogen-bond donors (Lipinski definition) is 2. The molecule has 0 fully saturated rings. The van der Waals surface area contributed by atoms with Gasteiger partial charge in [0.05, 0.1) is 11.9 Å². The minimum atomic E-state index is -4.72. The van der Waals surface area contributed by atoms with Crippen LogP contribution in [0.3, 0.4) is 0 Å². The number of para-hydroxylation sites is 1. The van der Waals surface area contributed by atoms with Crippen molar-refractivity contribution >= 4 is 34.9 Å². The smallest absolute Gasteiger partial charge is 0.406 e. The highest BCUT2D eigenvalue weighted by atomic mass is 32.1. The van der Waals surface area contributed by atoms with Gasteiger partial charge in [-0.25, -0.2) is 0 Å². The number of aryl methyl sites for hydroxylation is 1. The summed E-state index contributed by atoms with van der Waals surface area (Å²) in [5.41, 5.74) is 7.90. The molecule has 196 valence electrons. The van der Waals surface area contributed by atoms with Gasteiger partial charge in [-0.15, -0.1) is 13.2 Å². The Bertz CT molecular complexity index is 1330. The molecule has 0 amide bonds. The molecular weight excluding hydrogens is 501 g/mol. The van der Waals surface area contributed by atoms with Crippen molar-refractivity contribution in [3.63, 3.8) is 0 Å². The summed E-state index contributed by atoms with van der Waals surface area (Å²) >= 11 is 5.34. The number of nitrogens with zero attached hydrogens (tertiary/aromatic N) is 2. The van der Waals surface area contributed by atoms with Crippen LogP contribution < -0.4 is 20.3 Å². The fourth-order valence-electron chi connectivity index (χ4n) is 3.89. The molecule has 3 aromatic carbocycles. The molecule has 3 aromatic rings. The first-order chi connectivity index (χ1) is 17.7. The zero-order valence-electron chi connectivity index (χ0n) is 20.2. The summed E-state index contributed by atoms with van der Waals surface area (Å²) in [5.74, 6) is 0.637. The van der Waals surface area contributed by atoms with E-state index in [2.05, 4.69) is 45.7 Å². The molecular formula is C27H29F3N4O2S. The van der Waals surface area contributed by atoms with E-state index in [0.29, 0.717) is 35.3 Å². The van der Waals surface area contributed by atoms with Crippen LogP contribution in [0.15, 0.2) is 77.0 Å². The first-order valence-electron chi connectivity index (χ1n) is 11.6. The summed E-state index contributed by atoms with van der Waals surface area (Å²) in [6.07, 6.45) is -1.96. The van der Waals surface area contributed by atoms with E-state index < -0.39 is 6.36 Å². The van der Waals surface area contributed by atoms with Gasteiger partial charge in [0.2, 0.25) is 0 Å². The van der Waals surface area contributed by atoms with Crippen LogP contribution in [-0.4, -0.2) is 23.4 Å². The van der Waals surface area contributed by atoms with E-state index in [0.717, 1.165) is 27.9 Å². The molecule has 0 aromatic heterocycles. The molecule has 0 saturated heterocycles. The number of fused-ring (bicyclic) bond motifs is 1. The quantitative estimate of drug-likeness (QED) is 0.191. The van der Waals surface area contributed by atoms with E-state index >= 15 is 0 Å². The molecule has 37 heavy (non-hydrogen) atoms. The van der Waals surface area contributed by atoms with Crippen LogP contribution in [0.1, 0.15) is 51.3 Å². The van der Waals surface area contributed by atoms with Crippen molar-refractivity contribution in [2.24, 2.45) is 10.3 Å². The fourth-order valence-corrected chi connectivity index (χ4v) is 4.05. The summed E-state index contributed by atoms with van der Waals surface area (Å²) in [6.45, 7) is 4.24. The predicted molar refractivity (Wildman–Crippen MR) is 147 cm³/mol. The zero-order chi connectivity index (χ0) is 26.4. The summed E-state index contributed by atoms with van der Waals surface area (Å²) in [5, 5.41) is 11.9. The molecule has 2 N–H and O–H groups in total. The third-order valence-corrected chi connectivity index (χ3v) is 5.80. The van der Waals surface area contributed by atoms with Gasteiger partial charge in [-0.2, -0.15) is 5.10 Å². The molecule has 0 bridgehead atoms. The number of ether oxygens (including phenoxy) is 1. The second kappa shape index (κ2) is 11.4. The average molecular weight is 531 g/mol. The monoisotopic (exact) mass is 530 g/mol. The Balaban J connectivity index is 0.00000267. The van der Waals surface area contributed by atoms with Crippen molar-refractivity contribution in [3.8, 4) is 11.5 Å². The standard InChI is InChI=1S/C27H25F3N4O2S.2H2/c1-17(2)22-5-3-4-6-24(22)32-26(37)33-31-16-18-7-10-20(11-8-18)36-34-25-14-9-19-15-21(12-13-23(19)25)35-27(28,29)30;;/h3-8,10-13,15-17H,9,14H2,1-2H3,(H2,32,33,37);2*1H/b31-16+,34-25+;;. The van der Waals surface area contributed by atoms with Crippen LogP contribution in [0, 0.1) is 0 Å². The van der Waals surface area contributed by atoms with Gasteiger partial charge in [-0.1, -0.05) is 37.2 Å². The molecule has 1 aliphatic carbocycles. The number of nitrogens with one attached hydrogen (secondary N) is 2. The lowest BCUT2D eigenvalue weighted by atomic mass is 10.0. The number of hydrogen-bond acceptors (Lipinski definition) is 5. The molecule has 0 saturated carbocycles. The van der Waals surface area contributed by atoms with E-state index in [1.807, 2.05) is 30.3 Å². The zero-order valence-corrected chi connectivity index (χ0v) is 21.0. The van der Waals surface area contributed by atoms with Gasteiger partial charge in [0.15, 0.2) is 10.9 Å². The lowest BCUT2D eigenvalue weighted by molar-refractivity contribution is -0.274. The van der Waals surface area contributed by atoms with Crippen molar-refractivity contribution < 1.29 is 25.6 Å². The van der Waals surface area contributed by atoms with Crippen LogP contribution >= 0.6 is 12.2 Å². The summed E-state index contributed by atoms with van der Waals surface area (Å²) in [7, 11) is 0. The highest BCUT2D eigenvalue weighted by molar-refractivity contribution is 7.80. The number of thiocarbonyl (C=S) groups is 1. The number of alkyl halides is 3. The van der Waals surface area contributed by atoms with E-state index in [1.54, 1.807) is 24.4 Å². The maximum absolute atomic E-state index is 12.4. The molecule has 0 radical (unpaired) electrons. The molecule has 6 nitrogen and oxygen atoms in total. The maximum atomic E-state index is 12.4. The molecule has 1 aliphatic rings. The molecule has 0 heterocycles. The molecule has 0 spiro atoms. The fraction of sp³-hybridized carbons (Fsp3) is 0.222. The van der Waals surface area contributed by atoms with Gasteiger partial charge in [-0.3, -0.25) is 5.43 Å². The Hall–Kier alpha value is -3.92. The largest absolute Gasteiger partial charge is 0.573 e. The Labute approximate surface area is 221 Å². The first kappa shape index (κ1) is 26.2. The average Bonchev–Trinajstić information content (AvgIpc) is 3.25. The topological polar surface area (TPSA) is 67.2 Å². The number of rotatable bonds is 7. The van der Waals surface area contributed by atoms with Crippen LogP contribution in [0.4, 0.5) is 18.9 Å². The lowest BCUT2D eigenvalue weighted by Gasteiger charge is -2.14. The van der Waals surface area contributed by atoms with Crippen molar-refractivity contribution in [3.05, 3.63) is 89.0 Å². The predicted octanol–water partition coefficient (Wildman–Crippen LogP) is 7.25. The highest BCUT2D eigenvalue weighted by Crippen LogP contribution is 2.30. The van der Waals surface area contributed by atoms with Crippen molar-refractivity contribution in [1.29, 1.82) is 0 Å². The van der Waals surface area contributed by atoms with Crippen molar-refractivity contribution in [1.82, 2.24) is 5.43 Å². The van der Waals surface area contributed by atoms with Crippen LogP contribution in [-0.2, 0) is 6.42 Å². The van der Waals surface area contributed by atoms with Gasteiger partial charge < -0.3 is 14.9 Å². The van der Waals surface area contributed by atoms with Crippen LogP contribution in [0.25, 0.3) is 0 Å². The summed E-state index contributed by atoms with van der Waals surface area (Å²) in [4.78, 5) is 5.54. The lowest BCUT2D eigenvalue weighted by Crippen LogP contribution is -2.24. The number of halogens is 3. The second-order valence-corrected chi connectivity index (χ2v) is 9.04. The van der Waals surface area contributed by atoms with Crippen molar-refractivity contribution in [2.75, 3.05) is 5.32 Å². The summed E-state index contributed by atoms with van der Waals surface area (Å²) in [6, 6.07) is 19.3. The third kappa shape index (κ3) is 7.29. The van der Waals surface area contributed by atoms with Gasteiger partial charge in [-0.05, 0) is 96.2 Å². The van der Waals surface area contributed by atoms with E-state index in [4.69, 9.17) is 17.1 Å². The Kier molecular flexibility index (Phi) is 8.08. The Morgan fingerprint density at radius 2 is 1.76 bits per heavy atom. The molecule has 0 atom stereocenters. The molecule has 4 rings (SSSR count). The number of anilines is 1. The van der Waals surface area contributed by atoms with E-state index in [9.17, 15) is 13.2 Å². The SMILES string of the molecule is CC(C)c1ccccc1NC(=S)N/N=C/c1ccc(O/N=C2\CCc3cc(OC(F)(F)F)ccc32)cc1.[HH].[HH]. The minimum absolute atomic E-state index is 0. The molecule has 10 heteroatoms. The number of hydrazone groups is 1. The Morgan fingerprint density at radius 1 is 1.03 bits per heavy atom. The number of oxime groups is 1. The normalized spacial score (nSPS) is 14.2. The van der Waals surface area contributed by atoms with E-state index in [1.165, 1.54) is 12.1 Å². The van der Waals surface area contributed by atoms with Gasteiger partial charge in [0, 0.05) is 14.1 Å². The highest BCUT2D eigenvalue weighted by Gasteiger charge is 2.31. The third-order valence-electron chi connectivity index (χ3n) is 5.60. The minimum Gasteiger partial charge on any atom is -0.406 e. The first-order valence-corrected chi connectivity index (χ1v) is 12.0.